The van der Waals surface area contributed by atoms with Crippen LogP contribution < -0.4 is 5.32 Å². The molecule has 0 amide bonds. The standard InChI is InChI=1S/C12H21NO3S/c1-8(2)13-12(11(14)15,9-3-4-9)7-17-10-5-16-6-10/h8-10,13H,3-7H2,1-2H3,(H,14,15). The van der Waals surface area contributed by atoms with Gasteiger partial charge in [0.2, 0.25) is 0 Å². The second kappa shape index (κ2) is 5.16. The van der Waals surface area contributed by atoms with Crippen LogP contribution in [-0.4, -0.2) is 46.9 Å². The lowest BCUT2D eigenvalue weighted by Crippen LogP contribution is -2.59. The van der Waals surface area contributed by atoms with Crippen LogP contribution in [0.5, 0.6) is 0 Å². The first-order chi connectivity index (χ1) is 8.04. The second-order valence-electron chi connectivity index (χ2n) is 5.32. The molecule has 17 heavy (non-hydrogen) atoms. The molecule has 1 aliphatic carbocycles. The first-order valence-corrected chi connectivity index (χ1v) is 7.30. The van der Waals surface area contributed by atoms with Crippen molar-refractivity contribution in [3.05, 3.63) is 0 Å². The first-order valence-electron chi connectivity index (χ1n) is 6.25. The quantitative estimate of drug-likeness (QED) is 0.723. The number of carbonyl (C=O) groups is 1. The van der Waals surface area contributed by atoms with E-state index in [0.717, 1.165) is 26.1 Å². The zero-order valence-electron chi connectivity index (χ0n) is 10.4. The highest BCUT2D eigenvalue weighted by Crippen LogP contribution is 2.42. The Labute approximate surface area is 106 Å². The Bertz CT molecular complexity index is 289. The van der Waals surface area contributed by atoms with Gasteiger partial charge in [0.05, 0.1) is 18.5 Å². The summed E-state index contributed by atoms with van der Waals surface area (Å²) < 4.78 is 5.13. The Morgan fingerprint density at radius 1 is 1.53 bits per heavy atom. The minimum Gasteiger partial charge on any atom is -0.480 e. The molecule has 1 heterocycles. The number of rotatable bonds is 7. The molecular formula is C12H21NO3S. The molecule has 0 aromatic heterocycles. The lowest BCUT2D eigenvalue weighted by Gasteiger charge is -2.35. The molecule has 0 aromatic rings. The summed E-state index contributed by atoms with van der Waals surface area (Å²) in [7, 11) is 0. The summed E-state index contributed by atoms with van der Waals surface area (Å²) in [5.74, 6) is 0.261. The zero-order chi connectivity index (χ0) is 12.5. The largest absolute Gasteiger partial charge is 0.480 e. The van der Waals surface area contributed by atoms with E-state index in [9.17, 15) is 9.90 Å². The Morgan fingerprint density at radius 3 is 2.53 bits per heavy atom. The van der Waals surface area contributed by atoms with Crippen molar-refractivity contribution in [2.45, 2.75) is 43.5 Å². The van der Waals surface area contributed by atoms with E-state index in [2.05, 4.69) is 5.32 Å². The molecule has 1 saturated heterocycles. The van der Waals surface area contributed by atoms with Gasteiger partial charge in [-0.1, -0.05) is 0 Å². The van der Waals surface area contributed by atoms with Crippen LogP contribution in [0.15, 0.2) is 0 Å². The Morgan fingerprint density at radius 2 is 2.18 bits per heavy atom. The van der Waals surface area contributed by atoms with Gasteiger partial charge in [0.25, 0.3) is 0 Å². The molecule has 5 heteroatoms. The summed E-state index contributed by atoms with van der Waals surface area (Å²) in [4.78, 5) is 11.7. The summed E-state index contributed by atoms with van der Waals surface area (Å²) in [6.45, 7) is 5.56. The van der Waals surface area contributed by atoms with Crippen molar-refractivity contribution in [3.63, 3.8) is 0 Å². The molecule has 1 unspecified atom stereocenters. The van der Waals surface area contributed by atoms with E-state index in [1.807, 2.05) is 13.8 Å². The predicted octanol–water partition coefficient (Wildman–Crippen LogP) is 1.35. The number of aliphatic carboxylic acids is 1. The average molecular weight is 259 g/mol. The predicted molar refractivity (Wildman–Crippen MR) is 68.4 cm³/mol. The Hall–Kier alpha value is -0.260. The number of carboxylic acid groups (broad SMARTS) is 1. The highest BCUT2D eigenvalue weighted by Gasteiger charge is 2.51. The van der Waals surface area contributed by atoms with Gasteiger partial charge in [-0.05, 0) is 32.6 Å². The van der Waals surface area contributed by atoms with Gasteiger partial charge in [0, 0.05) is 11.8 Å². The number of carboxylic acids is 1. The topological polar surface area (TPSA) is 58.6 Å². The minimum atomic E-state index is -0.728. The fourth-order valence-corrected chi connectivity index (χ4v) is 3.55. The zero-order valence-corrected chi connectivity index (χ0v) is 11.3. The van der Waals surface area contributed by atoms with Crippen LogP contribution >= 0.6 is 11.8 Å². The van der Waals surface area contributed by atoms with Crippen LogP contribution in [0.3, 0.4) is 0 Å². The molecule has 0 aromatic carbocycles. The van der Waals surface area contributed by atoms with E-state index in [1.54, 1.807) is 11.8 Å². The van der Waals surface area contributed by atoms with E-state index in [0.29, 0.717) is 16.9 Å². The van der Waals surface area contributed by atoms with Crippen LogP contribution in [0, 0.1) is 5.92 Å². The summed E-state index contributed by atoms with van der Waals surface area (Å²) >= 11 is 1.74. The van der Waals surface area contributed by atoms with E-state index in [4.69, 9.17) is 4.74 Å². The maximum absolute atomic E-state index is 11.7. The van der Waals surface area contributed by atoms with Crippen LogP contribution in [0.1, 0.15) is 26.7 Å². The van der Waals surface area contributed by atoms with Gasteiger partial charge in [0.15, 0.2) is 0 Å². The molecule has 2 N–H and O–H groups in total. The SMILES string of the molecule is CC(C)NC(CSC1COC1)(C(=O)O)C1CC1. The second-order valence-corrected chi connectivity index (χ2v) is 6.61. The molecule has 4 nitrogen and oxygen atoms in total. The Kier molecular flexibility index (Phi) is 4.00. The molecule has 98 valence electrons. The molecule has 0 bridgehead atoms. The summed E-state index contributed by atoms with van der Waals surface area (Å²) in [6.07, 6.45) is 2.07. The monoisotopic (exact) mass is 259 g/mol. The van der Waals surface area contributed by atoms with Gasteiger partial charge in [-0.3, -0.25) is 10.1 Å². The van der Waals surface area contributed by atoms with Crippen molar-refractivity contribution in [1.29, 1.82) is 0 Å². The fraction of sp³-hybridized carbons (Fsp3) is 0.917. The lowest BCUT2D eigenvalue weighted by atomic mass is 9.94. The third kappa shape index (κ3) is 2.95. The normalized spacial score (nSPS) is 24.4. The molecule has 1 aliphatic heterocycles. The van der Waals surface area contributed by atoms with Gasteiger partial charge < -0.3 is 9.84 Å². The van der Waals surface area contributed by atoms with Crippen molar-refractivity contribution in [3.8, 4) is 0 Å². The molecule has 1 saturated carbocycles. The average Bonchev–Trinajstić information content (AvgIpc) is 2.95. The molecule has 2 fully saturated rings. The maximum Gasteiger partial charge on any atom is 0.325 e. The van der Waals surface area contributed by atoms with Gasteiger partial charge in [-0.15, -0.1) is 0 Å². The molecular weight excluding hydrogens is 238 g/mol. The number of nitrogens with one attached hydrogen (secondary N) is 1. The lowest BCUT2D eigenvalue weighted by molar-refractivity contribution is -0.145. The van der Waals surface area contributed by atoms with Crippen LogP contribution in [0.2, 0.25) is 0 Å². The number of hydrogen-bond acceptors (Lipinski definition) is 4. The Balaban J connectivity index is 2.00. The number of ether oxygens (including phenoxy) is 1. The highest BCUT2D eigenvalue weighted by atomic mass is 32.2. The van der Waals surface area contributed by atoms with Crippen molar-refractivity contribution in [1.82, 2.24) is 5.32 Å². The summed E-state index contributed by atoms with van der Waals surface area (Å²) in [5.41, 5.74) is -0.728. The molecule has 2 aliphatic rings. The van der Waals surface area contributed by atoms with Crippen LogP contribution in [0.25, 0.3) is 0 Å². The van der Waals surface area contributed by atoms with Gasteiger partial charge in [0.1, 0.15) is 5.54 Å². The van der Waals surface area contributed by atoms with Gasteiger partial charge >= 0.3 is 5.97 Å². The fourth-order valence-electron chi connectivity index (χ4n) is 2.23. The minimum absolute atomic E-state index is 0.199. The van der Waals surface area contributed by atoms with E-state index >= 15 is 0 Å². The smallest absolute Gasteiger partial charge is 0.325 e. The van der Waals surface area contributed by atoms with Crippen molar-refractivity contribution < 1.29 is 14.6 Å². The van der Waals surface area contributed by atoms with E-state index < -0.39 is 11.5 Å². The summed E-state index contributed by atoms with van der Waals surface area (Å²) in [6, 6.07) is 0.199. The van der Waals surface area contributed by atoms with Crippen molar-refractivity contribution in [2.24, 2.45) is 5.92 Å². The third-order valence-corrected chi connectivity index (χ3v) is 4.72. The molecule has 0 spiro atoms. The summed E-state index contributed by atoms with van der Waals surface area (Å²) in [5, 5.41) is 13.4. The first kappa shape index (κ1) is 13.2. The molecule has 1 atom stereocenters. The van der Waals surface area contributed by atoms with Crippen molar-refractivity contribution >= 4 is 17.7 Å². The van der Waals surface area contributed by atoms with Crippen LogP contribution in [0.4, 0.5) is 0 Å². The van der Waals surface area contributed by atoms with Crippen molar-refractivity contribution in [2.75, 3.05) is 19.0 Å². The van der Waals surface area contributed by atoms with Gasteiger partial charge in [-0.2, -0.15) is 11.8 Å². The van der Waals surface area contributed by atoms with Crippen LogP contribution in [-0.2, 0) is 9.53 Å². The molecule has 2 rings (SSSR count). The van der Waals surface area contributed by atoms with E-state index in [1.165, 1.54) is 0 Å². The highest BCUT2D eigenvalue weighted by molar-refractivity contribution is 8.00. The maximum atomic E-state index is 11.7. The molecule has 0 radical (unpaired) electrons. The third-order valence-electron chi connectivity index (χ3n) is 3.36. The number of thioether (sulfide) groups is 1. The van der Waals surface area contributed by atoms with Gasteiger partial charge in [-0.25, -0.2) is 0 Å². The number of hydrogen-bond donors (Lipinski definition) is 2. The van der Waals surface area contributed by atoms with E-state index in [-0.39, 0.29) is 6.04 Å².